The van der Waals surface area contributed by atoms with Gasteiger partial charge >= 0.3 is 12.6 Å². The number of nitrogens with two attached hydrogens (primary N) is 1. The minimum atomic E-state index is -2.90. The molecule has 124 valence electrons. The highest BCUT2D eigenvalue weighted by atomic mass is 32.1. The van der Waals surface area contributed by atoms with Crippen LogP contribution in [0.2, 0.25) is 0 Å². The monoisotopic (exact) mass is 335 g/mol. The minimum absolute atomic E-state index is 0.0336. The molecule has 1 rings (SSSR count). The Hall–Kier alpha value is -1.96. The largest absolute Gasteiger partial charge is 0.487 e. The molecule has 2 N–H and O–H groups in total. The molecule has 22 heavy (non-hydrogen) atoms. The Morgan fingerprint density at radius 3 is 2.14 bits per heavy atom. The molecule has 0 saturated carbocycles. The van der Waals surface area contributed by atoms with E-state index in [1.807, 2.05) is 0 Å². The van der Waals surface area contributed by atoms with Crippen LogP contribution in [0.4, 0.5) is 8.78 Å². The van der Waals surface area contributed by atoms with Crippen molar-refractivity contribution in [2.45, 2.75) is 33.5 Å². The van der Waals surface area contributed by atoms with Gasteiger partial charge in [0.1, 0.15) is 4.99 Å². The quantitative estimate of drug-likeness (QED) is 0.659. The molecular formula is C14H19F2NO4S. The molecule has 0 spiro atoms. The van der Waals surface area contributed by atoms with Gasteiger partial charge in [0.25, 0.3) is 0 Å². The molecule has 0 fully saturated rings. The van der Waals surface area contributed by atoms with Gasteiger partial charge in [-0.3, -0.25) is 4.79 Å². The first-order valence-electron chi connectivity index (χ1n) is 6.27. The van der Waals surface area contributed by atoms with Crippen LogP contribution in [0.5, 0.6) is 11.5 Å². The van der Waals surface area contributed by atoms with Crippen LogP contribution in [0.3, 0.4) is 0 Å². The van der Waals surface area contributed by atoms with E-state index in [0.29, 0.717) is 5.56 Å². The summed E-state index contributed by atoms with van der Waals surface area (Å²) in [5.74, 6) is -0.0794. The molecule has 5 nitrogen and oxygen atoms in total. The Kier molecular flexibility index (Phi) is 9.00. The van der Waals surface area contributed by atoms with Crippen LogP contribution in [0.15, 0.2) is 18.2 Å². The third-order valence-corrected chi connectivity index (χ3v) is 2.33. The van der Waals surface area contributed by atoms with Crippen molar-refractivity contribution in [3.8, 4) is 11.5 Å². The van der Waals surface area contributed by atoms with Gasteiger partial charge in [-0.1, -0.05) is 12.2 Å². The number of hydrogen-bond donors (Lipinski definition) is 1. The standard InChI is InChI=1S/C11H13F2NO2S.C3H6O2/c1-6(2)15-9-5-7(10(14)17)3-4-8(9)16-11(12)13;1-3(4)5-2/h3-6,11H,1-2H3,(H2,14,17);1-2H3. The lowest BCUT2D eigenvalue weighted by Crippen LogP contribution is -2.13. The van der Waals surface area contributed by atoms with E-state index >= 15 is 0 Å². The summed E-state index contributed by atoms with van der Waals surface area (Å²) in [6, 6.07) is 4.35. The van der Waals surface area contributed by atoms with Gasteiger partial charge < -0.3 is 19.9 Å². The molecule has 0 bridgehead atoms. The smallest absolute Gasteiger partial charge is 0.387 e. The minimum Gasteiger partial charge on any atom is -0.487 e. The maximum atomic E-state index is 12.2. The molecule has 0 atom stereocenters. The Morgan fingerprint density at radius 2 is 1.77 bits per heavy atom. The average Bonchev–Trinajstić information content (AvgIpc) is 2.40. The number of thiocarbonyl (C=S) groups is 1. The van der Waals surface area contributed by atoms with Crippen LogP contribution in [0, 0.1) is 0 Å². The van der Waals surface area contributed by atoms with E-state index < -0.39 is 6.61 Å². The van der Waals surface area contributed by atoms with Crippen molar-refractivity contribution in [1.82, 2.24) is 0 Å². The van der Waals surface area contributed by atoms with Crippen molar-refractivity contribution in [3.05, 3.63) is 23.8 Å². The van der Waals surface area contributed by atoms with Crippen LogP contribution < -0.4 is 15.2 Å². The maximum Gasteiger partial charge on any atom is 0.387 e. The van der Waals surface area contributed by atoms with Crippen LogP contribution in [0.1, 0.15) is 26.3 Å². The predicted octanol–water partition coefficient (Wildman–Crippen LogP) is 2.89. The zero-order valence-corrected chi connectivity index (χ0v) is 13.6. The Morgan fingerprint density at radius 1 is 1.23 bits per heavy atom. The van der Waals surface area contributed by atoms with Crippen molar-refractivity contribution in [2.24, 2.45) is 5.73 Å². The van der Waals surface area contributed by atoms with Crippen LogP contribution in [0.25, 0.3) is 0 Å². The lowest BCUT2D eigenvalue weighted by atomic mass is 10.2. The van der Waals surface area contributed by atoms with E-state index in [1.54, 1.807) is 13.8 Å². The molecule has 0 unspecified atom stereocenters. The molecular weight excluding hydrogens is 316 g/mol. The average molecular weight is 335 g/mol. The second-order valence-corrected chi connectivity index (χ2v) is 4.71. The molecule has 0 saturated heterocycles. The van der Waals surface area contributed by atoms with Crippen LogP contribution in [-0.4, -0.2) is 30.8 Å². The van der Waals surface area contributed by atoms with Crippen molar-refractivity contribution >= 4 is 23.2 Å². The molecule has 1 aromatic rings. The highest BCUT2D eigenvalue weighted by Gasteiger charge is 2.13. The zero-order chi connectivity index (χ0) is 17.3. The first-order valence-corrected chi connectivity index (χ1v) is 6.68. The number of benzene rings is 1. The molecule has 0 amide bonds. The van der Waals surface area contributed by atoms with Gasteiger partial charge in [0, 0.05) is 12.5 Å². The molecule has 0 heterocycles. The zero-order valence-electron chi connectivity index (χ0n) is 12.8. The second kappa shape index (κ2) is 9.88. The number of alkyl halides is 2. The Labute approximate surface area is 133 Å². The fraction of sp³-hybridized carbons (Fsp3) is 0.429. The van der Waals surface area contributed by atoms with Gasteiger partial charge in [-0.2, -0.15) is 8.78 Å². The normalized spacial score (nSPS) is 9.82. The third-order valence-electron chi connectivity index (χ3n) is 2.09. The summed E-state index contributed by atoms with van der Waals surface area (Å²) in [6.45, 7) is 2.01. The molecule has 1 aromatic carbocycles. The van der Waals surface area contributed by atoms with Gasteiger partial charge in [-0.05, 0) is 32.0 Å². The number of carbonyl (C=O) groups is 1. The summed E-state index contributed by atoms with van der Waals surface area (Å²) in [7, 11) is 1.35. The molecule has 0 aliphatic rings. The third kappa shape index (κ3) is 8.35. The summed E-state index contributed by atoms with van der Waals surface area (Å²) in [4.78, 5) is 9.76. The fourth-order valence-corrected chi connectivity index (χ4v) is 1.33. The summed E-state index contributed by atoms with van der Waals surface area (Å²) in [6.07, 6.45) is -0.170. The highest BCUT2D eigenvalue weighted by Crippen LogP contribution is 2.30. The van der Waals surface area contributed by atoms with Crippen molar-refractivity contribution in [2.75, 3.05) is 7.11 Å². The van der Waals surface area contributed by atoms with E-state index in [-0.39, 0.29) is 28.6 Å². The van der Waals surface area contributed by atoms with Gasteiger partial charge in [0.05, 0.1) is 13.2 Å². The number of esters is 1. The molecule has 8 heteroatoms. The van der Waals surface area contributed by atoms with Crippen molar-refractivity contribution < 1.29 is 27.8 Å². The SMILES string of the molecule is CC(C)Oc1cc(C(N)=S)ccc1OC(F)F.COC(C)=O. The molecule has 0 radical (unpaired) electrons. The predicted molar refractivity (Wildman–Crippen MR) is 82.4 cm³/mol. The number of carbonyl (C=O) groups excluding carboxylic acids is 1. The van der Waals surface area contributed by atoms with E-state index in [0.717, 1.165) is 0 Å². The first-order chi connectivity index (χ1) is 10.2. The number of halogens is 2. The number of methoxy groups -OCH3 is 1. The number of ether oxygens (including phenoxy) is 3. The van der Waals surface area contributed by atoms with E-state index in [2.05, 4.69) is 9.47 Å². The summed E-state index contributed by atoms with van der Waals surface area (Å²) < 4.78 is 38.2. The van der Waals surface area contributed by atoms with Gasteiger partial charge in [0.2, 0.25) is 0 Å². The number of hydrogen-bond acceptors (Lipinski definition) is 5. The van der Waals surface area contributed by atoms with Crippen molar-refractivity contribution in [1.29, 1.82) is 0 Å². The van der Waals surface area contributed by atoms with Gasteiger partial charge in [0.15, 0.2) is 11.5 Å². The van der Waals surface area contributed by atoms with Crippen molar-refractivity contribution in [3.63, 3.8) is 0 Å². The number of rotatable bonds is 5. The fourth-order valence-electron chi connectivity index (χ4n) is 1.20. The van der Waals surface area contributed by atoms with Crippen LogP contribution >= 0.6 is 12.2 Å². The van der Waals surface area contributed by atoms with E-state index in [9.17, 15) is 13.6 Å². The molecule has 0 aromatic heterocycles. The van der Waals surface area contributed by atoms with E-state index in [1.165, 1.54) is 32.2 Å². The Balaban J connectivity index is 0.000000763. The molecule has 0 aliphatic heterocycles. The maximum absolute atomic E-state index is 12.2. The summed E-state index contributed by atoms with van der Waals surface area (Å²) >= 11 is 4.80. The highest BCUT2D eigenvalue weighted by molar-refractivity contribution is 7.80. The second-order valence-electron chi connectivity index (χ2n) is 4.27. The van der Waals surface area contributed by atoms with Crippen LogP contribution in [-0.2, 0) is 9.53 Å². The Bertz CT molecular complexity index is 510. The summed E-state index contributed by atoms with van der Waals surface area (Å²) in [5, 5.41) is 0. The van der Waals surface area contributed by atoms with Gasteiger partial charge in [-0.15, -0.1) is 0 Å². The topological polar surface area (TPSA) is 70.8 Å². The summed E-state index contributed by atoms with van der Waals surface area (Å²) in [5.41, 5.74) is 5.99. The van der Waals surface area contributed by atoms with E-state index in [4.69, 9.17) is 22.7 Å². The molecule has 0 aliphatic carbocycles. The lowest BCUT2D eigenvalue weighted by molar-refractivity contribution is -0.137. The first kappa shape index (κ1) is 20.0. The lowest BCUT2D eigenvalue weighted by Gasteiger charge is -2.15. The van der Waals surface area contributed by atoms with Gasteiger partial charge in [-0.25, -0.2) is 0 Å².